The smallest absolute Gasteiger partial charge is 0.336 e. The fourth-order valence-electron chi connectivity index (χ4n) is 9.10. The largest absolute Gasteiger partial charge is 0.459 e. The molecule has 4 aliphatic carbocycles. The molecule has 9 atom stereocenters. The zero-order valence-electron chi connectivity index (χ0n) is 22.3. The molecule has 7 nitrogen and oxygen atoms in total. The molecule has 2 fully saturated rings. The van der Waals surface area contributed by atoms with Gasteiger partial charge >= 0.3 is 11.9 Å². The Morgan fingerprint density at radius 2 is 1.86 bits per heavy atom. The maximum absolute atomic E-state index is 13.0. The molecule has 7 heteroatoms. The minimum Gasteiger partial charge on any atom is -0.459 e. The fraction of sp³-hybridized carbons (Fsp3) is 0.690. The Morgan fingerprint density at radius 1 is 1.17 bits per heavy atom. The van der Waals surface area contributed by atoms with Gasteiger partial charge in [0.05, 0.1) is 6.10 Å². The highest BCUT2D eigenvalue weighted by atomic mass is 16.7. The van der Waals surface area contributed by atoms with Gasteiger partial charge in [0, 0.05) is 42.3 Å². The Hall–Kier alpha value is -2.25. The van der Waals surface area contributed by atoms with Gasteiger partial charge in [0.2, 0.25) is 6.29 Å². The molecular formula is C29H38O7. The number of ether oxygens (including phenoxy) is 3. The number of methoxy groups -OCH3 is 1. The van der Waals surface area contributed by atoms with Gasteiger partial charge < -0.3 is 19.3 Å². The van der Waals surface area contributed by atoms with Crippen LogP contribution in [-0.4, -0.2) is 48.4 Å². The molecule has 1 heterocycles. The van der Waals surface area contributed by atoms with Crippen LogP contribution in [0.25, 0.3) is 0 Å². The molecule has 196 valence electrons. The number of aliphatic hydroxyl groups is 1. The van der Waals surface area contributed by atoms with Crippen molar-refractivity contribution in [1.82, 2.24) is 0 Å². The summed E-state index contributed by atoms with van der Waals surface area (Å²) < 4.78 is 16.6. The molecule has 0 spiro atoms. The number of ketones is 1. The van der Waals surface area contributed by atoms with Gasteiger partial charge in [0.1, 0.15) is 6.10 Å². The average molecular weight is 499 g/mol. The molecule has 1 N–H and O–H groups in total. The molecule has 0 aromatic rings. The number of carbonyl (C=O) groups is 3. The van der Waals surface area contributed by atoms with E-state index in [2.05, 4.69) is 26.8 Å². The minimum atomic E-state index is -1.03. The van der Waals surface area contributed by atoms with E-state index in [1.165, 1.54) is 14.0 Å². The normalized spacial score (nSPS) is 46.8. The van der Waals surface area contributed by atoms with Crippen molar-refractivity contribution in [2.45, 2.75) is 79.3 Å². The Morgan fingerprint density at radius 3 is 2.47 bits per heavy atom. The molecule has 5 rings (SSSR count). The highest BCUT2D eigenvalue weighted by Crippen LogP contribution is 2.72. The van der Waals surface area contributed by atoms with Crippen LogP contribution < -0.4 is 0 Å². The van der Waals surface area contributed by atoms with Crippen LogP contribution in [0, 0.1) is 39.4 Å². The molecule has 2 saturated carbocycles. The van der Waals surface area contributed by atoms with Crippen LogP contribution in [0.15, 0.2) is 35.5 Å². The number of hydrogen-bond acceptors (Lipinski definition) is 7. The number of cyclic esters (lactones) is 1. The highest BCUT2D eigenvalue weighted by Gasteiger charge is 2.71. The predicted molar refractivity (Wildman–Crippen MR) is 131 cm³/mol. The van der Waals surface area contributed by atoms with Crippen molar-refractivity contribution in [2.75, 3.05) is 7.11 Å². The molecule has 0 radical (unpaired) electrons. The summed E-state index contributed by atoms with van der Waals surface area (Å²) in [6.45, 7) is 11.6. The number of carbonyl (C=O) groups excluding carboxylic acids is 3. The van der Waals surface area contributed by atoms with Gasteiger partial charge in [-0.3, -0.25) is 9.59 Å². The quantitative estimate of drug-likeness (QED) is 0.465. The number of rotatable bonds is 3. The number of fused-ring (bicyclic) bond motifs is 5. The van der Waals surface area contributed by atoms with Crippen molar-refractivity contribution >= 4 is 17.7 Å². The summed E-state index contributed by atoms with van der Waals surface area (Å²) in [5.41, 5.74) is -0.573. The second-order valence-corrected chi connectivity index (χ2v) is 12.6. The van der Waals surface area contributed by atoms with Crippen molar-refractivity contribution in [3.05, 3.63) is 35.5 Å². The van der Waals surface area contributed by atoms with E-state index in [0.29, 0.717) is 12.0 Å². The standard InChI is InChI=1S/C29H38O7/c1-15(30)35-24-22(32)23-26(2,3)20(31)11-13-28(23,5)19-10-12-27(4)17(8-9-18(27)29(19,24)6)16-14-21(34-7)36-25(16)33/h9,11,13-14,17,19,21-24,32H,8,10,12H2,1-7H3/t17-,19+,21?,22+,23-,24+,27-,28+,29-/m0/s1. The monoisotopic (exact) mass is 498 g/mol. The first-order valence-corrected chi connectivity index (χ1v) is 13.0. The van der Waals surface area contributed by atoms with E-state index in [-0.39, 0.29) is 29.0 Å². The zero-order chi connectivity index (χ0) is 26.4. The summed E-state index contributed by atoms with van der Waals surface area (Å²) in [5.74, 6) is -1.28. The topological polar surface area (TPSA) is 99.1 Å². The van der Waals surface area contributed by atoms with E-state index < -0.39 is 46.6 Å². The summed E-state index contributed by atoms with van der Waals surface area (Å²) >= 11 is 0. The number of hydrogen-bond donors (Lipinski definition) is 1. The average Bonchev–Trinajstić information content (AvgIpc) is 3.33. The molecule has 1 unspecified atom stereocenters. The fourth-order valence-corrected chi connectivity index (χ4v) is 9.10. The van der Waals surface area contributed by atoms with Crippen LogP contribution in [0.3, 0.4) is 0 Å². The van der Waals surface area contributed by atoms with E-state index in [9.17, 15) is 19.5 Å². The van der Waals surface area contributed by atoms with Crippen LogP contribution >= 0.6 is 0 Å². The van der Waals surface area contributed by atoms with Crippen LogP contribution in [0.2, 0.25) is 0 Å². The van der Waals surface area contributed by atoms with Crippen molar-refractivity contribution in [3.63, 3.8) is 0 Å². The molecule has 1 aliphatic heterocycles. The second kappa shape index (κ2) is 7.87. The second-order valence-electron chi connectivity index (χ2n) is 12.6. The number of allylic oxidation sites excluding steroid dienone is 3. The third-order valence-electron chi connectivity index (χ3n) is 10.5. The van der Waals surface area contributed by atoms with Crippen molar-refractivity contribution in [1.29, 1.82) is 0 Å². The Bertz CT molecular complexity index is 1110. The zero-order valence-corrected chi connectivity index (χ0v) is 22.3. The van der Waals surface area contributed by atoms with E-state index in [1.807, 2.05) is 19.9 Å². The van der Waals surface area contributed by atoms with Gasteiger partial charge in [-0.05, 0) is 48.2 Å². The Balaban J connectivity index is 1.64. The summed E-state index contributed by atoms with van der Waals surface area (Å²) in [4.78, 5) is 38.1. The summed E-state index contributed by atoms with van der Waals surface area (Å²) in [6.07, 6.45) is 7.44. The summed E-state index contributed by atoms with van der Waals surface area (Å²) in [5, 5.41) is 11.9. The van der Waals surface area contributed by atoms with E-state index in [1.54, 1.807) is 12.2 Å². The van der Waals surface area contributed by atoms with Crippen molar-refractivity contribution < 1.29 is 33.7 Å². The first kappa shape index (κ1) is 25.4. The van der Waals surface area contributed by atoms with Crippen molar-refractivity contribution in [3.8, 4) is 0 Å². The molecule has 0 saturated heterocycles. The van der Waals surface area contributed by atoms with Gasteiger partial charge in [-0.1, -0.05) is 52.3 Å². The van der Waals surface area contributed by atoms with Crippen molar-refractivity contribution in [2.24, 2.45) is 39.4 Å². The maximum atomic E-state index is 13.0. The van der Waals surface area contributed by atoms with Crippen LogP contribution in [0.4, 0.5) is 0 Å². The Labute approximate surface area is 212 Å². The molecule has 0 amide bonds. The van der Waals surface area contributed by atoms with Crippen LogP contribution in [-0.2, 0) is 28.6 Å². The van der Waals surface area contributed by atoms with Gasteiger partial charge in [0.25, 0.3) is 0 Å². The summed E-state index contributed by atoms with van der Waals surface area (Å²) in [7, 11) is 1.51. The predicted octanol–water partition coefficient (Wildman–Crippen LogP) is 3.90. The summed E-state index contributed by atoms with van der Waals surface area (Å²) in [6, 6.07) is 0. The van der Waals surface area contributed by atoms with Crippen LogP contribution in [0.5, 0.6) is 0 Å². The van der Waals surface area contributed by atoms with Gasteiger partial charge in [-0.2, -0.15) is 0 Å². The lowest BCUT2D eigenvalue weighted by atomic mass is 9.37. The molecule has 36 heavy (non-hydrogen) atoms. The minimum absolute atomic E-state index is 0.0191. The molecular weight excluding hydrogens is 460 g/mol. The molecule has 5 aliphatic rings. The van der Waals surface area contributed by atoms with Gasteiger partial charge in [0.15, 0.2) is 5.78 Å². The van der Waals surface area contributed by atoms with Gasteiger partial charge in [-0.25, -0.2) is 4.79 Å². The first-order valence-electron chi connectivity index (χ1n) is 13.0. The first-order chi connectivity index (χ1) is 16.7. The third kappa shape index (κ3) is 3.08. The lowest BCUT2D eigenvalue weighted by molar-refractivity contribution is -0.228. The highest BCUT2D eigenvalue weighted by molar-refractivity contribution is 5.96. The third-order valence-corrected chi connectivity index (χ3v) is 10.5. The molecule has 0 bridgehead atoms. The molecule has 0 aromatic carbocycles. The van der Waals surface area contributed by atoms with Crippen LogP contribution in [0.1, 0.15) is 60.8 Å². The van der Waals surface area contributed by atoms with E-state index in [4.69, 9.17) is 14.2 Å². The van der Waals surface area contributed by atoms with Gasteiger partial charge in [-0.15, -0.1) is 0 Å². The lowest BCUT2D eigenvalue weighted by Crippen LogP contribution is -2.70. The molecule has 0 aromatic heterocycles. The van der Waals surface area contributed by atoms with E-state index >= 15 is 0 Å². The Kier molecular flexibility index (Phi) is 5.56. The number of esters is 2. The van der Waals surface area contributed by atoms with E-state index in [0.717, 1.165) is 18.4 Å². The lowest BCUT2D eigenvalue weighted by Gasteiger charge is -2.67. The SMILES string of the molecule is COC1C=C([C@@H]2CC=C3[C@]4(C)[C@H](OC(C)=O)[C@H](O)[C@H]5C(C)(C)C(=O)C=C[C@]5(C)[C@H]4CC[C@]32C)C(=O)O1. The maximum Gasteiger partial charge on any atom is 0.336 e. The number of aliphatic hydroxyl groups excluding tert-OH is 1.